The minimum absolute atomic E-state index is 0.827. The summed E-state index contributed by atoms with van der Waals surface area (Å²) in [4.78, 5) is 0. The van der Waals surface area contributed by atoms with Crippen LogP contribution in [0.25, 0.3) is 5.70 Å². The molecule has 2 aromatic carbocycles. The highest BCUT2D eigenvalue weighted by molar-refractivity contribution is 6.18. The minimum atomic E-state index is 0.827. The molecule has 0 saturated carbocycles. The topological polar surface area (TPSA) is 27.6 Å². The van der Waals surface area contributed by atoms with Crippen molar-refractivity contribution in [3.8, 4) is 0 Å². The molecule has 0 unspecified atom stereocenters. The fourth-order valence-corrected chi connectivity index (χ4v) is 2.10. The van der Waals surface area contributed by atoms with Gasteiger partial charge in [-0.2, -0.15) is 0 Å². The lowest BCUT2D eigenvalue weighted by atomic mass is 10.1. The van der Waals surface area contributed by atoms with Crippen LogP contribution in [0.5, 0.6) is 0 Å². The summed E-state index contributed by atoms with van der Waals surface area (Å²) >= 11 is 6.00. The zero-order chi connectivity index (χ0) is 13.1. The fourth-order valence-electron chi connectivity index (χ4n) is 1.93. The van der Waals surface area contributed by atoms with Crippen molar-refractivity contribution in [2.75, 3.05) is 0 Å². The average Bonchev–Trinajstić information content (AvgIpc) is 2.48. The standard InChI is InChI=1S/C15H12ClN3/c16-19-17-14(12-7-3-1-4-8-12)11-15(18-19)13-9-5-2-6-10-13/h1-11,17H. The van der Waals surface area contributed by atoms with Gasteiger partial charge >= 0.3 is 0 Å². The van der Waals surface area contributed by atoms with E-state index in [1.807, 2.05) is 66.7 Å². The second-order valence-electron chi connectivity index (χ2n) is 4.15. The number of allylic oxidation sites excluding steroid dienone is 1. The SMILES string of the molecule is ClN1N=C(c2ccccc2)C=C(c2ccccc2)N1. The summed E-state index contributed by atoms with van der Waals surface area (Å²) < 4.78 is 1.21. The lowest BCUT2D eigenvalue weighted by Crippen LogP contribution is -2.29. The predicted molar refractivity (Wildman–Crippen MR) is 78.2 cm³/mol. The first-order valence-corrected chi connectivity index (χ1v) is 6.30. The van der Waals surface area contributed by atoms with Gasteiger partial charge in [0, 0.05) is 5.56 Å². The second-order valence-corrected chi connectivity index (χ2v) is 4.47. The average molecular weight is 270 g/mol. The van der Waals surface area contributed by atoms with E-state index >= 15 is 0 Å². The van der Waals surface area contributed by atoms with Gasteiger partial charge in [-0.25, -0.2) is 0 Å². The zero-order valence-electron chi connectivity index (χ0n) is 10.1. The maximum Gasteiger partial charge on any atom is 0.0960 e. The molecule has 0 atom stereocenters. The van der Waals surface area contributed by atoms with Crippen LogP contribution in [0.2, 0.25) is 0 Å². The molecule has 0 spiro atoms. The highest BCUT2D eigenvalue weighted by atomic mass is 35.5. The summed E-state index contributed by atoms with van der Waals surface area (Å²) in [6.07, 6.45) is 1.99. The Balaban J connectivity index is 2.00. The highest BCUT2D eigenvalue weighted by Gasteiger charge is 2.13. The molecule has 0 fully saturated rings. The molecule has 0 bridgehead atoms. The van der Waals surface area contributed by atoms with Gasteiger partial charge in [-0.15, -0.1) is 9.74 Å². The lowest BCUT2D eigenvalue weighted by molar-refractivity contribution is 0.423. The minimum Gasteiger partial charge on any atom is -0.266 e. The molecule has 0 amide bonds. The van der Waals surface area contributed by atoms with Gasteiger partial charge < -0.3 is 0 Å². The Bertz CT molecular complexity index is 620. The number of hydrazone groups is 1. The van der Waals surface area contributed by atoms with Crippen molar-refractivity contribution < 1.29 is 0 Å². The van der Waals surface area contributed by atoms with E-state index in [2.05, 4.69) is 10.5 Å². The Labute approximate surface area is 116 Å². The number of hydrogen-bond acceptors (Lipinski definition) is 3. The fraction of sp³-hybridized carbons (Fsp3) is 0. The van der Waals surface area contributed by atoms with E-state index in [0.29, 0.717) is 0 Å². The van der Waals surface area contributed by atoms with Crippen molar-refractivity contribution in [3.05, 3.63) is 77.9 Å². The third-order valence-electron chi connectivity index (χ3n) is 2.84. The number of hydrazine groups is 1. The molecule has 2 aromatic rings. The first-order valence-electron chi connectivity index (χ1n) is 5.96. The van der Waals surface area contributed by atoms with E-state index in [0.717, 1.165) is 22.5 Å². The lowest BCUT2D eigenvalue weighted by Gasteiger charge is -2.21. The quantitative estimate of drug-likeness (QED) is 0.846. The van der Waals surface area contributed by atoms with Crippen LogP contribution in [0, 0.1) is 0 Å². The van der Waals surface area contributed by atoms with Crippen LogP contribution in [0.1, 0.15) is 11.1 Å². The molecular formula is C15H12ClN3. The zero-order valence-corrected chi connectivity index (χ0v) is 10.9. The second kappa shape index (κ2) is 5.16. The van der Waals surface area contributed by atoms with Gasteiger partial charge in [-0.1, -0.05) is 60.7 Å². The molecule has 3 rings (SSSR count). The van der Waals surface area contributed by atoms with Gasteiger partial charge in [0.2, 0.25) is 0 Å². The summed E-state index contributed by atoms with van der Waals surface area (Å²) in [5.74, 6) is 0. The molecule has 94 valence electrons. The largest absolute Gasteiger partial charge is 0.266 e. The summed E-state index contributed by atoms with van der Waals surface area (Å²) in [5.41, 5.74) is 6.85. The van der Waals surface area contributed by atoms with Gasteiger partial charge in [0.15, 0.2) is 0 Å². The van der Waals surface area contributed by atoms with E-state index in [1.54, 1.807) is 0 Å². The smallest absolute Gasteiger partial charge is 0.0960 e. The third kappa shape index (κ3) is 2.61. The molecule has 1 aliphatic heterocycles. The molecule has 0 aliphatic carbocycles. The van der Waals surface area contributed by atoms with Crippen LogP contribution in [0.15, 0.2) is 71.8 Å². The van der Waals surface area contributed by atoms with Crippen LogP contribution < -0.4 is 5.43 Å². The summed E-state index contributed by atoms with van der Waals surface area (Å²) in [5, 5.41) is 4.26. The van der Waals surface area contributed by atoms with Crippen molar-refractivity contribution in [2.24, 2.45) is 5.10 Å². The molecule has 3 nitrogen and oxygen atoms in total. The van der Waals surface area contributed by atoms with Gasteiger partial charge in [0.05, 0.1) is 23.2 Å². The van der Waals surface area contributed by atoms with Crippen molar-refractivity contribution in [3.63, 3.8) is 0 Å². The summed E-state index contributed by atoms with van der Waals surface area (Å²) in [7, 11) is 0. The molecule has 4 heteroatoms. The van der Waals surface area contributed by atoms with Gasteiger partial charge in [-0.3, -0.25) is 5.43 Å². The predicted octanol–water partition coefficient (Wildman–Crippen LogP) is 3.41. The normalized spacial score (nSPS) is 14.5. The van der Waals surface area contributed by atoms with Crippen LogP contribution in [0.3, 0.4) is 0 Å². The molecule has 0 aromatic heterocycles. The van der Waals surface area contributed by atoms with Crippen molar-refractivity contribution >= 4 is 23.2 Å². The number of rotatable bonds is 2. The molecule has 1 heterocycles. The van der Waals surface area contributed by atoms with Crippen LogP contribution >= 0.6 is 11.8 Å². The molecule has 1 N–H and O–H groups in total. The summed E-state index contributed by atoms with van der Waals surface area (Å²) in [6, 6.07) is 20.0. The summed E-state index contributed by atoms with van der Waals surface area (Å²) in [6.45, 7) is 0. The van der Waals surface area contributed by atoms with Crippen LogP contribution in [0.4, 0.5) is 0 Å². The number of hydrogen-bond donors (Lipinski definition) is 1. The van der Waals surface area contributed by atoms with E-state index in [-0.39, 0.29) is 0 Å². The van der Waals surface area contributed by atoms with Crippen LogP contribution in [-0.2, 0) is 0 Å². The Morgan fingerprint density at radius 1 is 0.842 bits per heavy atom. The number of nitrogens with zero attached hydrogens (tertiary/aromatic N) is 2. The third-order valence-corrected chi connectivity index (χ3v) is 3.00. The maximum absolute atomic E-state index is 6.00. The maximum atomic E-state index is 6.00. The first kappa shape index (κ1) is 11.8. The molecule has 19 heavy (non-hydrogen) atoms. The Hall–Kier alpha value is -2.26. The first-order chi connectivity index (χ1) is 9.33. The van der Waals surface area contributed by atoms with E-state index in [9.17, 15) is 0 Å². The Kier molecular flexibility index (Phi) is 3.21. The number of nitrogens with one attached hydrogen (secondary N) is 1. The molecular weight excluding hydrogens is 258 g/mol. The molecule has 0 radical (unpaired) electrons. The van der Waals surface area contributed by atoms with Gasteiger partial charge in [0.1, 0.15) is 0 Å². The Morgan fingerprint density at radius 3 is 2.05 bits per heavy atom. The van der Waals surface area contributed by atoms with Crippen molar-refractivity contribution in [1.82, 2.24) is 10.1 Å². The molecule has 1 aliphatic rings. The number of benzene rings is 2. The van der Waals surface area contributed by atoms with E-state index < -0.39 is 0 Å². The van der Waals surface area contributed by atoms with Gasteiger partial charge in [0.25, 0.3) is 0 Å². The number of halogens is 1. The van der Waals surface area contributed by atoms with E-state index in [1.165, 1.54) is 4.64 Å². The van der Waals surface area contributed by atoms with Crippen molar-refractivity contribution in [1.29, 1.82) is 0 Å². The monoisotopic (exact) mass is 269 g/mol. The van der Waals surface area contributed by atoms with Gasteiger partial charge in [-0.05, 0) is 11.6 Å². The Morgan fingerprint density at radius 2 is 1.42 bits per heavy atom. The van der Waals surface area contributed by atoms with Crippen molar-refractivity contribution in [2.45, 2.75) is 0 Å². The molecule has 0 saturated heterocycles. The highest BCUT2D eigenvalue weighted by Crippen LogP contribution is 2.18. The van der Waals surface area contributed by atoms with Crippen LogP contribution in [-0.4, -0.2) is 10.3 Å². The van der Waals surface area contributed by atoms with E-state index in [4.69, 9.17) is 11.8 Å².